The third kappa shape index (κ3) is 5.85. The fraction of sp³-hybridized carbons (Fsp3) is 0.440. The first-order valence-electron chi connectivity index (χ1n) is 10.9. The average Bonchev–Trinajstić information content (AvgIpc) is 3.16. The Morgan fingerprint density at radius 1 is 1.03 bits per heavy atom. The van der Waals surface area contributed by atoms with Crippen LogP contribution in [0.5, 0.6) is 0 Å². The molecule has 1 amide bonds. The monoisotopic (exact) mass is 406 g/mol. The van der Waals surface area contributed by atoms with Crippen LogP contribution in [0.4, 0.5) is 0 Å². The van der Waals surface area contributed by atoms with Gasteiger partial charge in [0.05, 0.1) is 6.54 Å². The molecule has 160 valence electrons. The standard InChI is InChI=1S/C25H34N4O/c1-4-26-24(28-19-25(2,3)22-13-6-5-7-14-22)27-17-20-11-8-9-12-21(20)18-29-16-10-15-23(29)30/h5-9,11-14H,4,10,15-19H2,1-3H3,(H2,26,27,28). The van der Waals surface area contributed by atoms with Gasteiger partial charge in [0, 0.05) is 38.0 Å². The van der Waals surface area contributed by atoms with E-state index in [1.54, 1.807) is 0 Å². The molecule has 1 saturated heterocycles. The largest absolute Gasteiger partial charge is 0.357 e. The minimum absolute atomic E-state index is 0.00846. The van der Waals surface area contributed by atoms with E-state index in [4.69, 9.17) is 4.99 Å². The minimum Gasteiger partial charge on any atom is -0.357 e. The molecule has 0 aromatic heterocycles. The second kappa shape index (κ2) is 10.3. The van der Waals surface area contributed by atoms with E-state index in [-0.39, 0.29) is 11.3 Å². The summed E-state index contributed by atoms with van der Waals surface area (Å²) < 4.78 is 0. The van der Waals surface area contributed by atoms with E-state index in [1.165, 1.54) is 11.1 Å². The number of guanidine groups is 1. The Balaban J connectivity index is 1.67. The number of hydrogen-bond donors (Lipinski definition) is 2. The van der Waals surface area contributed by atoms with Gasteiger partial charge in [0.2, 0.25) is 5.91 Å². The van der Waals surface area contributed by atoms with Gasteiger partial charge >= 0.3 is 0 Å². The molecule has 0 unspecified atom stereocenters. The van der Waals surface area contributed by atoms with Crippen LogP contribution < -0.4 is 10.6 Å². The smallest absolute Gasteiger partial charge is 0.222 e. The lowest BCUT2D eigenvalue weighted by Gasteiger charge is -2.27. The van der Waals surface area contributed by atoms with Crippen molar-refractivity contribution in [3.05, 3.63) is 71.3 Å². The number of amides is 1. The second-order valence-electron chi connectivity index (χ2n) is 8.49. The number of nitrogens with one attached hydrogen (secondary N) is 2. The van der Waals surface area contributed by atoms with E-state index in [1.807, 2.05) is 23.1 Å². The van der Waals surface area contributed by atoms with Gasteiger partial charge in [0.15, 0.2) is 5.96 Å². The summed E-state index contributed by atoms with van der Waals surface area (Å²) in [5.74, 6) is 1.07. The normalized spacial score (nSPS) is 14.8. The molecular formula is C25H34N4O. The fourth-order valence-corrected chi connectivity index (χ4v) is 3.74. The zero-order valence-electron chi connectivity index (χ0n) is 18.4. The lowest BCUT2D eigenvalue weighted by Crippen LogP contribution is -2.43. The van der Waals surface area contributed by atoms with Crippen molar-refractivity contribution in [1.29, 1.82) is 0 Å². The molecule has 0 spiro atoms. The van der Waals surface area contributed by atoms with Crippen LogP contribution in [-0.4, -0.2) is 36.4 Å². The van der Waals surface area contributed by atoms with E-state index in [0.29, 0.717) is 19.5 Å². The van der Waals surface area contributed by atoms with Crippen molar-refractivity contribution in [3.63, 3.8) is 0 Å². The van der Waals surface area contributed by atoms with Crippen LogP contribution in [0.2, 0.25) is 0 Å². The van der Waals surface area contributed by atoms with Crippen molar-refractivity contribution in [3.8, 4) is 0 Å². The molecular weight excluding hydrogens is 372 g/mol. The lowest BCUT2D eigenvalue weighted by atomic mass is 9.85. The van der Waals surface area contributed by atoms with Crippen LogP contribution in [0.15, 0.2) is 59.6 Å². The summed E-state index contributed by atoms with van der Waals surface area (Å²) in [5, 5.41) is 6.85. The molecule has 2 aromatic rings. The van der Waals surface area contributed by atoms with Crippen LogP contribution in [-0.2, 0) is 23.3 Å². The molecule has 1 aliphatic rings. The van der Waals surface area contributed by atoms with Gasteiger partial charge in [-0.25, -0.2) is 4.99 Å². The van der Waals surface area contributed by atoms with Crippen molar-refractivity contribution < 1.29 is 4.79 Å². The quantitative estimate of drug-likeness (QED) is 0.517. The van der Waals surface area contributed by atoms with Crippen molar-refractivity contribution in [2.24, 2.45) is 4.99 Å². The number of carbonyl (C=O) groups excluding carboxylic acids is 1. The van der Waals surface area contributed by atoms with Crippen LogP contribution in [0.25, 0.3) is 0 Å². The summed E-state index contributed by atoms with van der Waals surface area (Å²) >= 11 is 0. The van der Waals surface area contributed by atoms with Gasteiger partial charge in [-0.15, -0.1) is 0 Å². The van der Waals surface area contributed by atoms with Gasteiger partial charge in [-0.2, -0.15) is 0 Å². The maximum Gasteiger partial charge on any atom is 0.222 e. The van der Waals surface area contributed by atoms with Gasteiger partial charge in [-0.3, -0.25) is 4.79 Å². The van der Waals surface area contributed by atoms with Gasteiger partial charge in [-0.05, 0) is 30.0 Å². The Kier molecular flexibility index (Phi) is 7.50. The predicted molar refractivity (Wildman–Crippen MR) is 123 cm³/mol. The molecule has 0 saturated carbocycles. The Hall–Kier alpha value is -2.82. The van der Waals surface area contributed by atoms with E-state index >= 15 is 0 Å². The highest BCUT2D eigenvalue weighted by Crippen LogP contribution is 2.22. The molecule has 0 bridgehead atoms. The lowest BCUT2D eigenvalue weighted by molar-refractivity contribution is -0.128. The number of aliphatic imine (C=N–C) groups is 1. The molecule has 0 aliphatic carbocycles. The van der Waals surface area contributed by atoms with E-state index < -0.39 is 0 Å². The van der Waals surface area contributed by atoms with Crippen LogP contribution in [0, 0.1) is 0 Å². The number of likely N-dealkylation sites (tertiary alicyclic amines) is 1. The molecule has 1 heterocycles. The summed E-state index contributed by atoms with van der Waals surface area (Å²) in [6, 6.07) is 18.8. The number of nitrogens with zero attached hydrogens (tertiary/aromatic N) is 2. The highest BCUT2D eigenvalue weighted by atomic mass is 16.2. The van der Waals surface area contributed by atoms with Crippen molar-refractivity contribution in [1.82, 2.24) is 15.5 Å². The van der Waals surface area contributed by atoms with Crippen LogP contribution in [0.3, 0.4) is 0 Å². The number of rotatable bonds is 8. The average molecular weight is 407 g/mol. The molecule has 3 rings (SSSR count). The topological polar surface area (TPSA) is 56.7 Å². The maximum absolute atomic E-state index is 12.0. The van der Waals surface area contributed by atoms with Crippen LogP contribution >= 0.6 is 0 Å². The summed E-state index contributed by atoms with van der Waals surface area (Å²) in [5.41, 5.74) is 3.63. The van der Waals surface area contributed by atoms with Crippen molar-refractivity contribution in [2.75, 3.05) is 19.6 Å². The Morgan fingerprint density at radius 2 is 1.73 bits per heavy atom. The maximum atomic E-state index is 12.0. The molecule has 0 atom stereocenters. The second-order valence-corrected chi connectivity index (χ2v) is 8.49. The van der Waals surface area contributed by atoms with Crippen molar-refractivity contribution in [2.45, 2.75) is 52.1 Å². The van der Waals surface area contributed by atoms with Gasteiger partial charge in [-0.1, -0.05) is 68.4 Å². The zero-order valence-corrected chi connectivity index (χ0v) is 18.4. The molecule has 1 aliphatic heterocycles. The molecule has 5 nitrogen and oxygen atoms in total. The summed E-state index contributed by atoms with van der Waals surface area (Å²) in [7, 11) is 0. The Bertz CT molecular complexity index is 860. The zero-order chi connectivity index (χ0) is 21.4. The van der Waals surface area contributed by atoms with E-state index in [2.05, 4.69) is 67.8 Å². The molecule has 2 aromatic carbocycles. The number of carbonyl (C=O) groups is 1. The SMILES string of the molecule is CCNC(=NCc1ccccc1CN1CCCC1=O)NCC(C)(C)c1ccccc1. The number of hydrogen-bond acceptors (Lipinski definition) is 2. The van der Waals surface area contributed by atoms with Crippen molar-refractivity contribution >= 4 is 11.9 Å². The van der Waals surface area contributed by atoms with Gasteiger partial charge < -0.3 is 15.5 Å². The van der Waals surface area contributed by atoms with E-state index in [9.17, 15) is 4.79 Å². The Labute approximate surface area is 180 Å². The third-order valence-electron chi connectivity index (χ3n) is 5.66. The summed E-state index contributed by atoms with van der Waals surface area (Å²) in [4.78, 5) is 18.8. The molecule has 2 N–H and O–H groups in total. The number of benzene rings is 2. The van der Waals surface area contributed by atoms with E-state index in [0.717, 1.165) is 37.6 Å². The molecule has 0 radical (unpaired) electrons. The first-order chi connectivity index (χ1) is 14.5. The highest BCUT2D eigenvalue weighted by molar-refractivity contribution is 5.80. The first kappa shape index (κ1) is 21.9. The predicted octanol–water partition coefficient (Wildman–Crippen LogP) is 3.84. The fourth-order valence-electron chi connectivity index (χ4n) is 3.74. The summed E-state index contributed by atoms with van der Waals surface area (Å²) in [6.45, 7) is 10.3. The minimum atomic E-state index is -0.00846. The van der Waals surface area contributed by atoms with Gasteiger partial charge in [0.25, 0.3) is 0 Å². The first-order valence-corrected chi connectivity index (χ1v) is 10.9. The summed E-state index contributed by atoms with van der Waals surface area (Å²) in [6.07, 6.45) is 1.64. The molecule has 30 heavy (non-hydrogen) atoms. The third-order valence-corrected chi connectivity index (χ3v) is 5.66. The molecule has 5 heteroatoms. The molecule has 1 fully saturated rings. The highest BCUT2D eigenvalue weighted by Gasteiger charge is 2.22. The Morgan fingerprint density at radius 3 is 2.40 bits per heavy atom. The van der Waals surface area contributed by atoms with Gasteiger partial charge in [0.1, 0.15) is 0 Å². The van der Waals surface area contributed by atoms with Crippen LogP contribution in [0.1, 0.15) is 50.3 Å².